The molecule has 1 aliphatic rings. The number of ether oxygens (including phenoxy) is 1. The maximum atomic E-state index is 11.9. The van der Waals surface area contributed by atoms with Crippen LogP contribution < -0.4 is 0 Å². The van der Waals surface area contributed by atoms with Crippen molar-refractivity contribution in [2.75, 3.05) is 33.3 Å². The molecule has 1 aliphatic heterocycles. The number of carbonyl (C=O) groups is 1. The highest BCUT2D eigenvalue weighted by Gasteiger charge is 2.31. The minimum atomic E-state index is 0.238. The summed E-state index contributed by atoms with van der Waals surface area (Å²) in [7, 11) is 1.99. The molecule has 1 rings (SSSR count). The first kappa shape index (κ1) is 14.5. The standard InChI is InChI=1S/C13H26N2O2/c1-10(2)14(5)8-13(16)15-6-12(7-15)9-17-11(3)4/h10-12H,6-9H2,1-5H3. The first-order valence-corrected chi connectivity index (χ1v) is 6.49. The summed E-state index contributed by atoms with van der Waals surface area (Å²) in [5, 5.41) is 0. The van der Waals surface area contributed by atoms with E-state index in [1.54, 1.807) is 0 Å². The Balaban J connectivity index is 2.17. The zero-order valence-electron chi connectivity index (χ0n) is 11.8. The number of nitrogens with zero attached hydrogens (tertiary/aromatic N) is 2. The summed E-state index contributed by atoms with van der Waals surface area (Å²) in [5.41, 5.74) is 0. The van der Waals surface area contributed by atoms with E-state index in [9.17, 15) is 4.79 Å². The average molecular weight is 242 g/mol. The Morgan fingerprint density at radius 3 is 2.41 bits per heavy atom. The number of rotatable bonds is 6. The monoisotopic (exact) mass is 242 g/mol. The van der Waals surface area contributed by atoms with Gasteiger partial charge >= 0.3 is 0 Å². The summed E-state index contributed by atoms with van der Waals surface area (Å²) in [4.78, 5) is 15.9. The molecule has 1 amide bonds. The van der Waals surface area contributed by atoms with Gasteiger partial charge in [-0.15, -0.1) is 0 Å². The van der Waals surface area contributed by atoms with Crippen molar-refractivity contribution in [1.82, 2.24) is 9.80 Å². The molecule has 0 spiro atoms. The molecule has 0 N–H and O–H groups in total. The molecule has 0 saturated carbocycles. The number of hydrogen-bond acceptors (Lipinski definition) is 3. The van der Waals surface area contributed by atoms with Gasteiger partial charge in [0.05, 0.1) is 19.3 Å². The van der Waals surface area contributed by atoms with Gasteiger partial charge in [-0.2, -0.15) is 0 Å². The topological polar surface area (TPSA) is 32.8 Å². The van der Waals surface area contributed by atoms with Crippen LogP contribution in [0.25, 0.3) is 0 Å². The molecule has 0 atom stereocenters. The highest BCUT2D eigenvalue weighted by molar-refractivity contribution is 5.79. The van der Waals surface area contributed by atoms with Crippen LogP contribution in [0.2, 0.25) is 0 Å². The lowest BCUT2D eigenvalue weighted by Crippen LogP contribution is -2.54. The Bertz CT molecular complexity index is 248. The van der Waals surface area contributed by atoms with E-state index in [0.717, 1.165) is 19.7 Å². The Morgan fingerprint density at radius 2 is 1.94 bits per heavy atom. The van der Waals surface area contributed by atoms with E-state index in [1.165, 1.54) is 0 Å². The van der Waals surface area contributed by atoms with Gasteiger partial charge in [0.15, 0.2) is 0 Å². The predicted octanol–water partition coefficient (Wildman–Crippen LogP) is 1.21. The van der Waals surface area contributed by atoms with Gasteiger partial charge in [0.1, 0.15) is 0 Å². The van der Waals surface area contributed by atoms with Crippen LogP contribution in [0, 0.1) is 5.92 Å². The minimum Gasteiger partial charge on any atom is -0.378 e. The highest BCUT2D eigenvalue weighted by Crippen LogP contribution is 2.16. The molecular weight excluding hydrogens is 216 g/mol. The van der Waals surface area contributed by atoms with Gasteiger partial charge in [0.2, 0.25) is 5.91 Å². The SMILES string of the molecule is CC(C)OCC1CN(C(=O)CN(C)C(C)C)C1. The van der Waals surface area contributed by atoms with E-state index < -0.39 is 0 Å². The predicted molar refractivity (Wildman–Crippen MR) is 68.9 cm³/mol. The zero-order chi connectivity index (χ0) is 13.0. The first-order valence-electron chi connectivity index (χ1n) is 6.49. The molecule has 4 nitrogen and oxygen atoms in total. The third-order valence-electron chi connectivity index (χ3n) is 3.24. The second-order valence-electron chi connectivity index (χ2n) is 5.56. The van der Waals surface area contributed by atoms with E-state index in [4.69, 9.17) is 4.74 Å². The van der Waals surface area contributed by atoms with Crippen molar-refractivity contribution in [2.24, 2.45) is 5.92 Å². The molecule has 0 aliphatic carbocycles. The fourth-order valence-electron chi connectivity index (χ4n) is 1.70. The van der Waals surface area contributed by atoms with Gasteiger partial charge in [0, 0.05) is 25.0 Å². The van der Waals surface area contributed by atoms with Crippen molar-refractivity contribution >= 4 is 5.91 Å². The molecule has 0 aromatic carbocycles. The molecule has 100 valence electrons. The summed E-state index contributed by atoms with van der Waals surface area (Å²) in [5.74, 6) is 0.771. The van der Waals surface area contributed by atoms with Crippen LogP contribution in [0.5, 0.6) is 0 Å². The van der Waals surface area contributed by atoms with Gasteiger partial charge in [-0.05, 0) is 34.7 Å². The van der Waals surface area contributed by atoms with Gasteiger partial charge < -0.3 is 9.64 Å². The number of likely N-dealkylation sites (tertiary alicyclic amines) is 1. The largest absolute Gasteiger partial charge is 0.378 e. The lowest BCUT2D eigenvalue weighted by molar-refractivity contribution is -0.140. The van der Waals surface area contributed by atoms with Crippen LogP contribution in [0.3, 0.4) is 0 Å². The van der Waals surface area contributed by atoms with Crippen molar-refractivity contribution < 1.29 is 9.53 Å². The summed E-state index contributed by atoms with van der Waals surface area (Å²) in [6.45, 7) is 11.3. The van der Waals surface area contributed by atoms with Crippen LogP contribution in [0.15, 0.2) is 0 Å². The fraction of sp³-hybridized carbons (Fsp3) is 0.923. The van der Waals surface area contributed by atoms with Crippen molar-refractivity contribution in [1.29, 1.82) is 0 Å². The highest BCUT2D eigenvalue weighted by atomic mass is 16.5. The summed E-state index contributed by atoms with van der Waals surface area (Å²) < 4.78 is 5.54. The van der Waals surface area contributed by atoms with Crippen LogP contribution in [-0.2, 0) is 9.53 Å². The lowest BCUT2D eigenvalue weighted by Gasteiger charge is -2.40. The first-order chi connectivity index (χ1) is 7.90. The van der Waals surface area contributed by atoms with Crippen molar-refractivity contribution in [2.45, 2.75) is 39.8 Å². The molecule has 17 heavy (non-hydrogen) atoms. The molecule has 0 aromatic heterocycles. The van der Waals surface area contributed by atoms with Crippen molar-refractivity contribution in [3.63, 3.8) is 0 Å². The molecule has 0 bridgehead atoms. The summed E-state index contributed by atoms with van der Waals surface area (Å²) in [6.07, 6.45) is 0.284. The van der Waals surface area contributed by atoms with Gasteiger partial charge in [-0.25, -0.2) is 0 Å². The molecular formula is C13H26N2O2. The second kappa shape index (κ2) is 6.36. The van der Waals surface area contributed by atoms with Gasteiger partial charge in [-0.1, -0.05) is 0 Å². The third kappa shape index (κ3) is 4.64. The molecule has 0 aromatic rings. The van der Waals surface area contributed by atoms with Crippen LogP contribution >= 0.6 is 0 Å². The van der Waals surface area contributed by atoms with Crippen LogP contribution in [0.1, 0.15) is 27.7 Å². The average Bonchev–Trinajstić information content (AvgIpc) is 2.14. The molecule has 1 heterocycles. The quantitative estimate of drug-likeness (QED) is 0.702. The van der Waals surface area contributed by atoms with E-state index in [-0.39, 0.29) is 12.0 Å². The van der Waals surface area contributed by atoms with Crippen molar-refractivity contribution in [3.05, 3.63) is 0 Å². The third-order valence-corrected chi connectivity index (χ3v) is 3.24. The minimum absolute atomic E-state index is 0.238. The van der Waals surface area contributed by atoms with Crippen LogP contribution in [0.4, 0.5) is 0 Å². The Hall–Kier alpha value is -0.610. The summed E-state index contributed by atoms with van der Waals surface area (Å²) in [6, 6.07) is 0.417. The lowest BCUT2D eigenvalue weighted by atomic mass is 10.0. The molecule has 0 unspecified atom stereocenters. The molecule has 4 heteroatoms. The molecule has 1 saturated heterocycles. The number of likely N-dealkylation sites (N-methyl/N-ethyl adjacent to an activating group) is 1. The number of hydrogen-bond donors (Lipinski definition) is 0. The van der Waals surface area contributed by atoms with E-state index in [1.807, 2.05) is 25.8 Å². The smallest absolute Gasteiger partial charge is 0.236 e. The summed E-state index contributed by atoms with van der Waals surface area (Å²) >= 11 is 0. The van der Waals surface area contributed by atoms with E-state index in [2.05, 4.69) is 18.7 Å². The van der Waals surface area contributed by atoms with Crippen molar-refractivity contribution in [3.8, 4) is 0 Å². The zero-order valence-corrected chi connectivity index (χ0v) is 11.8. The second-order valence-corrected chi connectivity index (χ2v) is 5.56. The fourth-order valence-corrected chi connectivity index (χ4v) is 1.70. The molecule has 0 radical (unpaired) electrons. The normalized spacial score (nSPS) is 17.1. The van der Waals surface area contributed by atoms with Gasteiger partial charge in [-0.3, -0.25) is 9.69 Å². The Kier molecular flexibility index (Phi) is 5.40. The van der Waals surface area contributed by atoms with E-state index in [0.29, 0.717) is 18.5 Å². The van der Waals surface area contributed by atoms with Crippen LogP contribution in [-0.4, -0.2) is 61.1 Å². The maximum absolute atomic E-state index is 11.9. The molecule has 1 fully saturated rings. The Morgan fingerprint density at radius 1 is 1.35 bits per heavy atom. The maximum Gasteiger partial charge on any atom is 0.236 e. The number of amides is 1. The van der Waals surface area contributed by atoms with E-state index >= 15 is 0 Å². The Labute approximate surface area is 105 Å². The number of carbonyl (C=O) groups excluding carboxylic acids is 1. The van der Waals surface area contributed by atoms with Gasteiger partial charge in [0.25, 0.3) is 0 Å².